The number of hydrogen-bond donors (Lipinski definition) is 1. The van der Waals surface area contributed by atoms with Crippen molar-refractivity contribution in [1.82, 2.24) is 14.9 Å². The van der Waals surface area contributed by atoms with Crippen molar-refractivity contribution in [3.05, 3.63) is 29.8 Å². The van der Waals surface area contributed by atoms with Crippen molar-refractivity contribution in [2.24, 2.45) is 5.92 Å². The van der Waals surface area contributed by atoms with E-state index in [1.165, 1.54) is 25.3 Å². The van der Waals surface area contributed by atoms with Crippen LogP contribution in [0.5, 0.6) is 0 Å². The third kappa shape index (κ3) is 3.26. The molecule has 0 saturated carbocycles. The Labute approximate surface area is 125 Å². The fourth-order valence-electron chi connectivity index (χ4n) is 3.31. The van der Waals surface area contributed by atoms with Crippen molar-refractivity contribution in [2.75, 3.05) is 13.1 Å². The smallest absolute Gasteiger partial charge is 0.125 e. The van der Waals surface area contributed by atoms with Crippen LogP contribution in [0.1, 0.15) is 38.4 Å². The molecule has 4 heteroatoms. The van der Waals surface area contributed by atoms with Crippen molar-refractivity contribution in [3.63, 3.8) is 0 Å². The maximum atomic E-state index is 13.5. The van der Waals surface area contributed by atoms with Gasteiger partial charge in [0.25, 0.3) is 0 Å². The molecule has 0 aliphatic carbocycles. The van der Waals surface area contributed by atoms with Gasteiger partial charge in [0, 0.05) is 13.0 Å². The topological polar surface area (TPSA) is 29.9 Å². The number of rotatable bonds is 5. The summed E-state index contributed by atoms with van der Waals surface area (Å²) >= 11 is 0. The molecular formula is C17H24FN3. The Bertz CT molecular complexity index is 599. The van der Waals surface area contributed by atoms with Crippen molar-refractivity contribution >= 4 is 11.0 Å². The van der Waals surface area contributed by atoms with E-state index in [1.54, 1.807) is 12.1 Å². The molecule has 1 aliphatic heterocycles. The van der Waals surface area contributed by atoms with Crippen LogP contribution in [0.15, 0.2) is 18.2 Å². The molecule has 3 nitrogen and oxygen atoms in total. The van der Waals surface area contributed by atoms with E-state index in [9.17, 15) is 4.39 Å². The van der Waals surface area contributed by atoms with Gasteiger partial charge in [0.05, 0.1) is 11.0 Å². The molecule has 0 spiro atoms. The van der Waals surface area contributed by atoms with Gasteiger partial charge in [-0.15, -0.1) is 0 Å². The molecule has 1 saturated heterocycles. The quantitative estimate of drug-likeness (QED) is 0.912. The fraction of sp³-hybridized carbons (Fsp3) is 0.588. The van der Waals surface area contributed by atoms with Crippen LogP contribution in [0, 0.1) is 11.7 Å². The Hall–Kier alpha value is -1.42. The van der Waals surface area contributed by atoms with Gasteiger partial charge in [0.1, 0.15) is 11.6 Å². The Balaban J connectivity index is 1.81. The van der Waals surface area contributed by atoms with Crippen LogP contribution < -0.4 is 5.32 Å². The number of piperidine rings is 1. The largest absolute Gasteiger partial charge is 0.328 e. The standard InChI is InChI=1S/C17H24FN3/c1-2-11-21-16-12-14(18)4-5-15(16)20-17(21)6-3-13-7-9-19-10-8-13/h4-5,12-13,19H,2-3,6-11H2,1H3. The van der Waals surface area contributed by atoms with E-state index < -0.39 is 0 Å². The van der Waals surface area contributed by atoms with E-state index in [4.69, 9.17) is 4.98 Å². The molecule has 1 N–H and O–H groups in total. The van der Waals surface area contributed by atoms with E-state index in [-0.39, 0.29) is 5.82 Å². The first-order chi connectivity index (χ1) is 10.3. The lowest BCUT2D eigenvalue weighted by Gasteiger charge is -2.22. The minimum atomic E-state index is -0.176. The Morgan fingerprint density at radius 3 is 2.90 bits per heavy atom. The first kappa shape index (κ1) is 14.5. The molecule has 1 aromatic carbocycles. The Morgan fingerprint density at radius 1 is 1.33 bits per heavy atom. The van der Waals surface area contributed by atoms with Crippen LogP contribution in [-0.4, -0.2) is 22.6 Å². The van der Waals surface area contributed by atoms with E-state index in [0.717, 1.165) is 55.3 Å². The van der Waals surface area contributed by atoms with E-state index in [2.05, 4.69) is 16.8 Å². The maximum Gasteiger partial charge on any atom is 0.125 e. The van der Waals surface area contributed by atoms with Gasteiger partial charge in [0.15, 0.2) is 0 Å². The molecule has 0 atom stereocenters. The van der Waals surface area contributed by atoms with Crippen molar-refractivity contribution < 1.29 is 4.39 Å². The summed E-state index contributed by atoms with van der Waals surface area (Å²) in [5, 5.41) is 3.41. The fourth-order valence-corrected chi connectivity index (χ4v) is 3.31. The van der Waals surface area contributed by atoms with Crippen molar-refractivity contribution in [1.29, 1.82) is 0 Å². The summed E-state index contributed by atoms with van der Waals surface area (Å²) in [7, 11) is 0. The number of benzene rings is 1. The minimum Gasteiger partial charge on any atom is -0.328 e. The minimum absolute atomic E-state index is 0.176. The third-order valence-electron chi connectivity index (χ3n) is 4.47. The molecule has 2 heterocycles. The molecule has 2 aromatic rings. The number of halogens is 1. The van der Waals surface area contributed by atoms with Gasteiger partial charge < -0.3 is 9.88 Å². The molecule has 1 fully saturated rings. The Morgan fingerprint density at radius 2 is 2.14 bits per heavy atom. The van der Waals surface area contributed by atoms with E-state index in [0.29, 0.717) is 0 Å². The lowest BCUT2D eigenvalue weighted by molar-refractivity contribution is 0.351. The number of imidazole rings is 1. The molecule has 1 aromatic heterocycles. The van der Waals surface area contributed by atoms with Gasteiger partial charge in [-0.1, -0.05) is 6.92 Å². The van der Waals surface area contributed by atoms with Crippen LogP contribution >= 0.6 is 0 Å². The number of aryl methyl sites for hydroxylation is 2. The molecule has 0 radical (unpaired) electrons. The van der Waals surface area contributed by atoms with Gasteiger partial charge >= 0.3 is 0 Å². The van der Waals surface area contributed by atoms with E-state index >= 15 is 0 Å². The predicted molar refractivity (Wildman–Crippen MR) is 83.9 cm³/mol. The molecule has 21 heavy (non-hydrogen) atoms. The average molecular weight is 289 g/mol. The lowest BCUT2D eigenvalue weighted by Crippen LogP contribution is -2.28. The second-order valence-electron chi connectivity index (χ2n) is 6.04. The highest BCUT2D eigenvalue weighted by Gasteiger charge is 2.16. The second kappa shape index (κ2) is 6.56. The van der Waals surface area contributed by atoms with Gasteiger partial charge in [-0.25, -0.2) is 9.37 Å². The highest BCUT2D eigenvalue weighted by molar-refractivity contribution is 5.76. The second-order valence-corrected chi connectivity index (χ2v) is 6.04. The molecule has 0 bridgehead atoms. The highest BCUT2D eigenvalue weighted by Crippen LogP contribution is 2.22. The van der Waals surface area contributed by atoms with Gasteiger partial charge in [-0.2, -0.15) is 0 Å². The third-order valence-corrected chi connectivity index (χ3v) is 4.47. The SMILES string of the molecule is CCCn1c(CCC2CCNCC2)nc2ccc(F)cc21. The zero-order valence-electron chi connectivity index (χ0n) is 12.7. The summed E-state index contributed by atoms with van der Waals surface area (Å²) in [6, 6.07) is 4.92. The molecule has 0 amide bonds. The zero-order chi connectivity index (χ0) is 14.7. The summed E-state index contributed by atoms with van der Waals surface area (Å²) < 4.78 is 15.7. The summed E-state index contributed by atoms with van der Waals surface area (Å²) in [6.07, 6.45) is 5.77. The predicted octanol–water partition coefficient (Wildman–Crippen LogP) is 3.52. The van der Waals surface area contributed by atoms with Gasteiger partial charge in [0.2, 0.25) is 0 Å². The highest BCUT2D eigenvalue weighted by atomic mass is 19.1. The van der Waals surface area contributed by atoms with Gasteiger partial charge in [-0.05, 0) is 62.9 Å². The van der Waals surface area contributed by atoms with E-state index in [1.807, 2.05) is 0 Å². The molecule has 1 aliphatic rings. The van der Waals surface area contributed by atoms with Gasteiger partial charge in [-0.3, -0.25) is 0 Å². The zero-order valence-corrected chi connectivity index (χ0v) is 12.7. The Kier molecular flexibility index (Phi) is 4.54. The van der Waals surface area contributed by atoms with Crippen molar-refractivity contribution in [3.8, 4) is 0 Å². The number of nitrogens with one attached hydrogen (secondary N) is 1. The van der Waals surface area contributed by atoms with Crippen LogP contribution in [-0.2, 0) is 13.0 Å². The number of fused-ring (bicyclic) bond motifs is 1. The summed E-state index contributed by atoms with van der Waals surface area (Å²) in [5.41, 5.74) is 1.86. The van der Waals surface area contributed by atoms with Crippen LogP contribution in [0.25, 0.3) is 11.0 Å². The number of aromatic nitrogens is 2. The van der Waals surface area contributed by atoms with Crippen LogP contribution in [0.4, 0.5) is 4.39 Å². The monoisotopic (exact) mass is 289 g/mol. The lowest BCUT2D eigenvalue weighted by atomic mass is 9.93. The summed E-state index contributed by atoms with van der Waals surface area (Å²) in [5.74, 6) is 1.75. The number of nitrogens with zero attached hydrogens (tertiary/aromatic N) is 2. The molecular weight excluding hydrogens is 265 g/mol. The summed E-state index contributed by atoms with van der Waals surface area (Å²) in [4.78, 5) is 4.74. The van der Waals surface area contributed by atoms with Crippen LogP contribution in [0.3, 0.4) is 0 Å². The average Bonchev–Trinajstić information content (AvgIpc) is 2.84. The van der Waals surface area contributed by atoms with Crippen LogP contribution in [0.2, 0.25) is 0 Å². The van der Waals surface area contributed by atoms with Crippen molar-refractivity contribution in [2.45, 2.75) is 45.6 Å². The maximum absolute atomic E-state index is 13.5. The molecule has 3 rings (SSSR count). The number of hydrogen-bond acceptors (Lipinski definition) is 2. The first-order valence-corrected chi connectivity index (χ1v) is 8.13. The summed E-state index contributed by atoms with van der Waals surface area (Å²) in [6.45, 7) is 5.35. The molecule has 114 valence electrons. The first-order valence-electron chi connectivity index (χ1n) is 8.13. The molecule has 0 unspecified atom stereocenters. The normalized spacial score (nSPS) is 16.7.